The number of H-pyrrole nitrogens is 1. The molecule has 0 unspecified atom stereocenters. The van der Waals surface area contributed by atoms with Crippen molar-refractivity contribution >= 4 is 23.2 Å². The summed E-state index contributed by atoms with van der Waals surface area (Å²) in [6.45, 7) is 5.51. The lowest BCUT2D eigenvalue weighted by molar-refractivity contribution is 0.499. The molecule has 0 aliphatic rings. The summed E-state index contributed by atoms with van der Waals surface area (Å²) >= 11 is 0. The monoisotopic (exact) mass is 173 g/mol. The van der Waals surface area contributed by atoms with Gasteiger partial charge in [0.1, 0.15) is 0 Å². The van der Waals surface area contributed by atoms with E-state index in [-0.39, 0.29) is 0 Å². The lowest BCUT2D eigenvalue weighted by Gasteiger charge is -1.88. The summed E-state index contributed by atoms with van der Waals surface area (Å²) in [7, 11) is 0. The number of aliphatic hydroxyl groups excluding tert-OH is 1. The molecule has 0 spiro atoms. The number of hydrogen-bond acceptors (Lipinski definition) is 1. The third-order valence-corrected chi connectivity index (χ3v) is 2.15. The zero-order chi connectivity index (χ0) is 9.42. The van der Waals surface area contributed by atoms with Crippen molar-refractivity contribution in [3.63, 3.8) is 0 Å². The average Bonchev–Trinajstić information content (AvgIpc) is 2.39. The van der Waals surface area contributed by atoms with Crippen molar-refractivity contribution in [1.82, 2.24) is 4.98 Å². The van der Waals surface area contributed by atoms with Gasteiger partial charge in [0.25, 0.3) is 0 Å². The van der Waals surface area contributed by atoms with Gasteiger partial charge in [0.15, 0.2) is 0 Å². The highest BCUT2D eigenvalue weighted by Gasteiger charge is 1.99. The van der Waals surface area contributed by atoms with Crippen LogP contribution >= 0.6 is 0 Å². The van der Waals surface area contributed by atoms with Crippen LogP contribution in [-0.4, -0.2) is 10.1 Å². The maximum absolute atomic E-state index is 9.45. The maximum Gasteiger partial charge on any atom is 0.0991 e. The van der Waals surface area contributed by atoms with Crippen LogP contribution in [0.1, 0.15) is 6.92 Å². The van der Waals surface area contributed by atoms with E-state index >= 15 is 0 Å². The fraction of sp³-hybridized carbons (Fsp3) is 0.0909. The number of benzene rings is 1. The van der Waals surface area contributed by atoms with Gasteiger partial charge < -0.3 is 10.1 Å². The van der Waals surface area contributed by atoms with Crippen molar-refractivity contribution in [2.24, 2.45) is 0 Å². The molecule has 0 amide bonds. The normalized spacial score (nSPS) is 13.3. The van der Waals surface area contributed by atoms with Gasteiger partial charge in [-0.05, 0) is 13.0 Å². The second-order valence-electron chi connectivity index (χ2n) is 3.11. The molecule has 0 aliphatic carbocycles. The number of fused-ring (bicyclic) bond motifs is 1. The van der Waals surface area contributed by atoms with Gasteiger partial charge in [-0.25, -0.2) is 0 Å². The topological polar surface area (TPSA) is 36.0 Å². The molecule has 0 bridgehead atoms. The van der Waals surface area contributed by atoms with E-state index in [4.69, 9.17) is 0 Å². The summed E-state index contributed by atoms with van der Waals surface area (Å²) < 4.78 is 0. The molecule has 2 N–H and O–H groups in total. The van der Waals surface area contributed by atoms with E-state index in [2.05, 4.69) is 11.6 Å². The van der Waals surface area contributed by atoms with Gasteiger partial charge in [0, 0.05) is 21.5 Å². The molecule has 0 saturated carbocycles. The van der Waals surface area contributed by atoms with Crippen molar-refractivity contribution in [2.45, 2.75) is 6.92 Å². The van der Waals surface area contributed by atoms with Gasteiger partial charge >= 0.3 is 0 Å². The Hall–Kier alpha value is -1.70. The van der Waals surface area contributed by atoms with Crippen molar-refractivity contribution in [1.29, 1.82) is 0 Å². The van der Waals surface area contributed by atoms with Gasteiger partial charge in [-0.3, -0.25) is 0 Å². The first-order valence-electron chi connectivity index (χ1n) is 4.15. The van der Waals surface area contributed by atoms with Crippen molar-refractivity contribution in [3.05, 3.63) is 34.8 Å². The van der Waals surface area contributed by atoms with Gasteiger partial charge in [-0.1, -0.05) is 24.8 Å². The Morgan fingerprint density at radius 1 is 1.38 bits per heavy atom. The highest BCUT2D eigenvalue weighted by molar-refractivity contribution is 5.81. The van der Waals surface area contributed by atoms with Crippen LogP contribution in [0.5, 0.6) is 0 Å². The lowest BCUT2D eigenvalue weighted by atomic mass is 10.2. The summed E-state index contributed by atoms with van der Waals surface area (Å²) in [6, 6.07) is 7.84. The van der Waals surface area contributed by atoms with Crippen LogP contribution in [0.3, 0.4) is 0 Å². The SMILES string of the molecule is C=c1[nH]c2ccccc2/c1=C(/C)O. The molecule has 1 aromatic heterocycles. The van der Waals surface area contributed by atoms with Crippen LogP contribution in [0.4, 0.5) is 0 Å². The molecule has 2 rings (SSSR count). The van der Waals surface area contributed by atoms with E-state index in [1.165, 1.54) is 0 Å². The molecule has 0 atom stereocenters. The fourth-order valence-electron chi connectivity index (χ4n) is 1.61. The zero-order valence-corrected chi connectivity index (χ0v) is 7.46. The van der Waals surface area contributed by atoms with E-state index < -0.39 is 0 Å². The third-order valence-electron chi connectivity index (χ3n) is 2.15. The molecule has 1 heterocycles. The number of aliphatic hydroxyl groups is 1. The number of rotatable bonds is 0. The van der Waals surface area contributed by atoms with Crippen LogP contribution in [0.15, 0.2) is 24.3 Å². The third kappa shape index (κ3) is 1.11. The Morgan fingerprint density at radius 3 is 2.77 bits per heavy atom. The minimum absolute atomic E-state index is 0.308. The molecular weight excluding hydrogens is 162 g/mol. The molecule has 1 aromatic carbocycles. The van der Waals surface area contributed by atoms with E-state index in [9.17, 15) is 5.11 Å². The number of hydrogen-bond donors (Lipinski definition) is 2. The minimum Gasteiger partial charge on any atom is -0.512 e. The summed E-state index contributed by atoms with van der Waals surface area (Å²) in [5, 5.41) is 12.0. The average molecular weight is 173 g/mol. The van der Waals surface area contributed by atoms with Crippen LogP contribution < -0.4 is 10.6 Å². The van der Waals surface area contributed by atoms with Gasteiger partial charge in [-0.2, -0.15) is 0 Å². The second-order valence-corrected chi connectivity index (χ2v) is 3.11. The number of para-hydroxylation sites is 1. The molecule has 0 radical (unpaired) electrons. The Balaban J connectivity index is 3.14. The molecule has 2 nitrogen and oxygen atoms in total. The molecular formula is C11H11NO. The predicted octanol–water partition coefficient (Wildman–Crippen LogP) is 1.26. The second kappa shape index (κ2) is 2.66. The summed E-state index contributed by atoms with van der Waals surface area (Å²) in [6.07, 6.45) is 0. The Labute approximate surface area is 75.8 Å². The van der Waals surface area contributed by atoms with Crippen molar-refractivity contribution < 1.29 is 5.11 Å². The van der Waals surface area contributed by atoms with Crippen LogP contribution in [-0.2, 0) is 0 Å². The fourth-order valence-corrected chi connectivity index (χ4v) is 1.61. The molecule has 13 heavy (non-hydrogen) atoms. The Morgan fingerprint density at radius 2 is 2.08 bits per heavy atom. The Bertz CT molecular complexity index is 547. The first-order valence-corrected chi connectivity index (χ1v) is 4.15. The molecule has 0 aliphatic heterocycles. The number of nitrogens with one attached hydrogen (secondary N) is 1. The minimum atomic E-state index is 0.308. The molecule has 2 aromatic rings. The molecule has 0 fully saturated rings. The summed E-state index contributed by atoms with van der Waals surface area (Å²) in [5.41, 5.74) is 1.01. The highest BCUT2D eigenvalue weighted by Crippen LogP contribution is 2.04. The summed E-state index contributed by atoms with van der Waals surface area (Å²) in [5.74, 6) is 0.308. The van der Waals surface area contributed by atoms with Gasteiger partial charge in [0.2, 0.25) is 0 Å². The quantitative estimate of drug-likeness (QED) is 0.618. The predicted molar refractivity (Wildman–Crippen MR) is 54.8 cm³/mol. The number of aromatic amines is 1. The zero-order valence-electron chi connectivity index (χ0n) is 7.46. The first kappa shape index (κ1) is 7.92. The van der Waals surface area contributed by atoms with E-state index in [0.29, 0.717) is 5.76 Å². The largest absolute Gasteiger partial charge is 0.512 e. The highest BCUT2D eigenvalue weighted by atomic mass is 16.3. The van der Waals surface area contributed by atoms with Crippen LogP contribution in [0.25, 0.3) is 23.2 Å². The van der Waals surface area contributed by atoms with E-state index in [1.807, 2.05) is 24.3 Å². The van der Waals surface area contributed by atoms with Crippen molar-refractivity contribution in [3.8, 4) is 0 Å². The summed E-state index contributed by atoms with van der Waals surface area (Å²) in [4.78, 5) is 3.12. The molecule has 2 heteroatoms. The smallest absolute Gasteiger partial charge is 0.0991 e. The van der Waals surface area contributed by atoms with Crippen LogP contribution in [0.2, 0.25) is 0 Å². The van der Waals surface area contributed by atoms with Crippen LogP contribution in [0, 0.1) is 0 Å². The van der Waals surface area contributed by atoms with Gasteiger partial charge in [-0.15, -0.1) is 0 Å². The van der Waals surface area contributed by atoms with E-state index in [1.54, 1.807) is 6.92 Å². The van der Waals surface area contributed by atoms with Gasteiger partial charge in [0.05, 0.1) is 5.76 Å². The lowest BCUT2D eigenvalue weighted by Crippen LogP contribution is -2.22. The first-order chi connectivity index (χ1) is 6.20. The molecule has 66 valence electrons. The standard InChI is InChI=1S/C11H11NO/c1-7-11(8(2)13)9-5-3-4-6-10(9)12-7/h3-6,12-13H,1H2,2H3/b11-8-. The molecule has 0 saturated heterocycles. The number of aromatic nitrogens is 1. The Kier molecular flexibility index (Phi) is 1.62. The maximum atomic E-state index is 9.45. The van der Waals surface area contributed by atoms with E-state index in [0.717, 1.165) is 21.5 Å². The van der Waals surface area contributed by atoms with Crippen molar-refractivity contribution in [2.75, 3.05) is 0 Å².